The Hall–Kier alpha value is -2.37. The molecule has 0 saturated carbocycles. The maximum atomic E-state index is 5.33. The minimum Gasteiger partial charge on any atom is -0.380 e. The molecule has 0 aliphatic carbocycles. The van der Waals surface area contributed by atoms with Crippen LogP contribution in [0.5, 0.6) is 0 Å². The molecule has 0 unspecified atom stereocenters. The number of amidine groups is 1. The van der Waals surface area contributed by atoms with Crippen LogP contribution in [-0.4, -0.2) is 31.6 Å². The Morgan fingerprint density at radius 1 is 0.962 bits per heavy atom. The summed E-state index contributed by atoms with van der Waals surface area (Å²) >= 11 is 0. The minimum absolute atomic E-state index is 0.115. The number of aliphatic imine (C=N–C) groups is 1. The smallest absolute Gasteiger partial charge is 0.127 e. The zero-order valence-electron chi connectivity index (χ0n) is 15.2. The van der Waals surface area contributed by atoms with Gasteiger partial charge in [-0.1, -0.05) is 36.4 Å². The molecule has 0 bridgehead atoms. The summed E-state index contributed by atoms with van der Waals surface area (Å²) in [6, 6.07) is 16.7. The number of rotatable bonds is 4. The van der Waals surface area contributed by atoms with Gasteiger partial charge in [0.1, 0.15) is 5.84 Å². The van der Waals surface area contributed by atoms with Crippen molar-refractivity contribution in [3.05, 3.63) is 59.7 Å². The van der Waals surface area contributed by atoms with Crippen LogP contribution in [0.4, 0.5) is 11.4 Å². The lowest BCUT2D eigenvalue weighted by Gasteiger charge is -2.44. The second-order valence-electron chi connectivity index (χ2n) is 6.99. The standard InChI is InChI=1S/C21H26N4O/c1-26-15-17-7-3-2-6-16(17)14-23-20-21(10-12-22-13-11-21)25-19-9-5-4-8-18(19)24-20/h2-9,22,25H,10-15H2,1H3,(H,23,24). The summed E-state index contributed by atoms with van der Waals surface area (Å²) in [5.41, 5.74) is 4.55. The van der Waals surface area contributed by atoms with Crippen LogP contribution in [0.25, 0.3) is 0 Å². The van der Waals surface area contributed by atoms with Crippen LogP contribution in [0.2, 0.25) is 0 Å². The molecule has 26 heavy (non-hydrogen) atoms. The number of nitrogens with zero attached hydrogens (tertiary/aromatic N) is 1. The van der Waals surface area contributed by atoms with Gasteiger partial charge in [-0.2, -0.15) is 0 Å². The number of benzene rings is 2. The van der Waals surface area contributed by atoms with Gasteiger partial charge in [0, 0.05) is 7.11 Å². The topological polar surface area (TPSA) is 57.7 Å². The average Bonchev–Trinajstić information content (AvgIpc) is 2.68. The van der Waals surface area contributed by atoms with E-state index in [2.05, 4.69) is 64.5 Å². The van der Waals surface area contributed by atoms with Crippen LogP contribution in [-0.2, 0) is 17.9 Å². The summed E-state index contributed by atoms with van der Waals surface area (Å²) in [7, 11) is 1.73. The second kappa shape index (κ2) is 7.48. The zero-order valence-corrected chi connectivity index (χ0v) is 15.2. The van der Waals surface area contributed by atoms with Crippen molar-refractivity contribution < 1.29 is 4.74 Å². The van der Waals surface area contributed by atoms with E-state index < -0.39 is 0 Å². The largest absolute Gasteiger partial charge is 0.380 e. The first-order valence-corrected chi connectivity index (χ1v) is 9.26. The molecule has 2 aliphatic heterocycles. The molecule has 2 aromatic rings. The number of nitrogens with one attached hydrogen (secondary N) is 3. The van der Waals surface area contributed by atoms with Crippen molar-refractivity contribution in [3.8, 4) is 0 Å². The van der Waals surface area contributed by atoms with Gasteiger partial charge in [-0.05, 0) is 49.2 Å². The Bertz CT molecular complexity index is 796. The van der Waals surface area contributed by atoms with Crippen molar-refractivity contribution in [1.29, 1.82) is 0 Å². The Kier molecular flexibility index (Phi) is 4.91. The van der Waals surface area contributed by atoms with Crippen molar-refractivity contribution in [2.75, 3.05) is 30.8 Å². The minimum atomic E-state index is -0.115. The molecule has 0 aromatic heterocycles. The first-order chi connectivity index (χ1) is 12.8. The molecule has 5 heteroatoms. The summed E-state index contributed by atoms with van der Waals surface area (Å²) < 4.78 is 5.33. The molecule has 3 N–H and O–H groups in total. The van der Waals surface area contributed by atoms with E-state index in [1.54, 1.807) is 7.11 Å². The molecule has 1 saturated heterocycles. The molecule has 1 fully saturated rings. The van der Waals surface area contributed by atoms with E-state index in [4.69, 9.17) is 9.73 Å². The number of piperidine rings is 1. The lowest BCUT2D eigenvalue weighted by molar-refractivity contribution is 0.184. The third kappa shape index (κ3) is 3.32. The monoisotopic (exact) mass is 350 g/mol. The van der Waals surface area contributed by atoms with E-state index in [0.717, 1.165) is 43.1 Å². The molecular weight excluding hydrogens is 324 g/mol. The van der Waals surface area contributed by atoms with E-state index in [0.29, 0.717) is 13.2 Å². The summed E-state index contributed by atoms with van der Waals surface area (Å²) in [6.07, 6.45) is 2.04. The van der Waals surface area contributed by atoms with Crippen LogP contribution < -0.4 is 16.0 Å². The van der Waals surface area contributed by atoms with Gasteiger partial charge in [-0.3, -0.25) is 4.99 Å². The van der Waals surface area contributed by atoms with Gasteiger partial charge in [0.15, 0.2) is 0 Å². The zero-order chi connectivity index (χ0) is 17.8. The fourth-order valence-electron chi connectivity index (χ4n) is 3.84. The molecular formula is C21H26N4O. The van der Waals surface area contributed by atoms with Crippen molar-refractivity contribution in [2.45, 2.75) is 31.5 Å². The third-order valence-electron chi connectivity index (χ3n) is 5.29. The van der Waals surface area contributed by atoms with E-state index in [-0.39, 0.29) is 5.54 Å². The van der Waals surface area contributed by atoms with Crippen LogP contribution in [0.1, 0.15) is 24.0 Å². The van der Waals surface area contributed by atoms with Crippen molar-refractivity contribution in [1.82, 2.24) is 5.32 Å². The molecule has 2 aliphatic rings. The van der Waals surface area contributed by atoms with Crippen molar-refractivity contribution in [3.63, 3.8) is 0 Å². The van der Waals surface area contributed by atoms with Crippen LogP contribution in [0, 0.1) is 0 Å². The fraction of sp³-hybridized carbons (Fsp3) is 0.381. The van der Waals surface area contributed by atoms with Crippen LogP contribution >= 0.6 is 0 Å². The maximum absolute atomic E-state index is 5.33. The van der Waals surface area contributed by atoms with Crippen LogP contribution in [0.15, 0.2) is 53.5 Å². The predicted molar refractivity (Wildman–Crippen MR) is 107 cm³/mol. The number of anilines is 2. The maximum Gasteiger partial charge on any atom is 0.127 e. The van der Waals surface area contributed by atoms with E-state index in [1.807, 2.05) is 0 Å². The molecule has 2 heterocycles. The third-order valence-corrected chi connectivity index (χ3v) is 5.29. The van der Waals surface area contributed by atoms with Crippen LogP contribution in [0.3, 0.4) is 0 Å². The Labute approximate surface area is 154 Å². The van der Waals surface area contributed by atoms with Gasteiger partial charge in [-0.15, -0.1) is 0 Å². The summed E-state index contributed by atoms with van der Waals surface area (Å²) in [6.45, 7) is 3.26. The van der Waals surface area contributed by atoms with Crippen molar-refractivity contribution >= 4 is 17.2 Å². The highest BCUT2D eigenvalue weighted by molar-refractivity contribution is 6.09. The van der Waals surface area contributed by atoms with E-state index in [9.17, 15) is 0 Å². The Morgan fingerprint density at radius 3 is 2.42 bits per heavy atom. The van der Waals surface area contributed by atoms with Crippen molar-refractivity contribution in [2.24, 2.45) is 4.99 Å². The molecule has 1 spiro atoms. The van der Waals surface area contributed by atoms with Gasteiger partial charge < -0.3 is 20.7 Å². The number of ether oxygens (including phenoxy) is 1. The molecule has 0 amide bonds. The number of fused-ring (bicyclic) bond motifs is 1. The van der Waals surface area contributed by atoms with Gasteiger partial charge in [0.05, 0.1) is 30.1 Å². The Balaban J connectivity index is 1.65. The normalized spacial score (nSPS) is 19.7. The molecule has 5 nitrogen and oxygen atoms in total. The summed E-state index contributed by atoms with van der Waals surface area (Å²) in [5.74, 6) is 1.05. The number of para-hydroxylation sites is 2. The highest BCUT2D eigenvalue weighted by Gasteiger charge is 2.40. The number of hydrogen-bond acceptors (Lipinski definition) is 4. The Morgan fingerprint density at radius 2 is 1.65 bits per heavy atom. The van der Waals surface area contributed by atoms with Gasteiger partial charge in [0.25, 0.3) is 0 Å². The number of methoxy groups -OCH3 is 1. The van der Waals surface area contributed by atoms with E-state index in [1.165, 1.54) is 11.1 Å². The first-order valence-electron chi connectivity index (χ1n) is 9.26. The van der Waals surface area contributed by atoms with Gasteiger partial charge >= 0.3 is 0 Å². The predicted octanol–water partition coefficient (Wildman–Crippen LogP) is 3.39. The average molecular weight is 350 g/mol. The SMILES string of the molecule is COCc1ccccc1CN=C1Nc2ccccc2NC12CCNCC2. The van der Waals surface area contributed by atoms with Gasteiger partial charge in [0.2, 0.25) is 0 Å². The first kappa shape index (κ1) is 17.1. The molecule has 0 radical (unpaired) electrons. The molecule has 136 valence electrons. The quantitative estimate of drug-likeness (QED) is 0.791. The highest BCUT2D eigenvalue weighted by Crippen LogP contribution is 2.35. The van der Waals surface area contributed by atoms with Gasteiger partial charge in [-0.25, -0.2) is 0 Å². The highest BCUT2D eigenvalue weighted by atomic mass is 16.5. The summed E-state index contributed by atoms with van der Waals surface area (Å²) in [5, 5.41) is 10.8. The second-order valence-corrected chi connectivity index (χ2v) is 6.99. The summed E-state index contributed by atoms with van der Waals surface area (Å²) in [4.78, 5) is 5.03. The lowest BCUT2D eigenvalue weighted by Crippen LogP contribution is -2.57. The molecule has 4 rings (SSSR count). The molecule has 0 atom stereocenters. The lowest BCUT2D eigenvalue weighted by atomic mass is 9.84. The fourth-order valence-corrected chi connectivity index (χ4v) is 3.84. The number of hydrogen-bond donors (Lipinski definition) is 3. The van der Waals surface area contributed by atoms with E-state index >= 15 is 0 Å². The molecule has 2 aromatic carbocycles.